The van der Waals surface area contributed by atoms with E-state index in [-0.39, 0.29) is 11.8 Å². The van der Waals surface area contributed by atoms with Crippen molar-refractivity contribution in [3.05, 3.63) is 47.0 Å². The maximum atomic E-state index is 13.3. The van der Waals surface area contributed by atoms with Crippen LogP contribution < -0.4 is 4.74 Å². The Morgan fingerprint density at radius 1 is 1.33 bits per heavy atom. The first-order chi connectivity index (χ1) is 8.58. The second kappa shape index (κ2) is 4.97. The minimum Gasteiger partial charge on any atom is -0.477 e. The molecule has 7 heteroatoms. The van der Waals surface area contributed by atoms with Crippen LogP contribution in [0.4, 0.5) is 4.39 Å². The lowest BCUT2D eigenvalue weighted by Gasteiger charge is -2.07. The van der Waals surface area contributed by atoms with Crippen LogP contribution in [0.5, 0.6) is 11.8 Å². The molecular formula is C11H6ClFN2O3. The Kier molecular flexibility index (Phi) is 3.38. The largest absolute Gasteiger partial charge is 0.477 e. The van der Waals surface area contributed by atoms with E-state index in [1.807, 2.05) is 0 Å². The monoisotopic (exact) mass is 268 g/mol. The molecule has 0 spiro atoms. The first-order valence-corrected chi connectivity index (χ1v) is 5.13. The van der Waals surface area contributed by atoms with Gasteiger partial charge in [0.2, 0.25) is 0 Å². The van der Waals surface area contributed by atoms with Crippen LogP contribution in [0.1, 0.15) is 10.4 Å². The number of ether oxygens (including phenoxy) is 1. The summed E-state index contributed by atoms with van der Waals surface area (Å²) in [4.78, 5) is 18.4. The van der Waals surface area contributed by atoms with Gasteiger partial charge in [-0.15, -0.1) is 0 Å². The molecule has 0 radical (unpaired) electrons. The predicted molar refractivity (Wildman–Crippen MR) is 60.5 cm³/mol. The first kappa shape index (κ1) is 12.3. The average Bonchev–Trinajstić information content (AvgIpc) is 2.32. The van der Waals surface area contributed by atoms with Gasteiger partial charge in [-0.3, -0.25) is 0 Å². The molecule has 0 aliphatic rings. The van der Waals surface area contributed by atoms with Gasteiger partial charge in [0, 0.05) is 0 Å². The van der Waals surface area contributed by atoms with Gasteiger partial charge in [-0.1, -0.05) is 17.7 Å². The summed E-state index contributed by atoms with van der Waals surface area (Å²) in [5.74, 6) is -2.50. The van der Waals surface area contributed by atoms with Gasteiger partial charge in [0.05, 0.1) is 17.4 Å². The fourth-order valence-corrected chi connectivity index (χ4v) is 1.35. The minimum atomic E-state index is -1.43. The second-order valence-electron chi connectivity index (χ2n) is 3.20. The summed E-state index contributed by atoms with van der Waals surface area (Å²) in [6, 6.07) is 3.55. The molecule has 0 atom stereocenters. The molecule has 0 bridgehead atoms. The summed E-state index contributed by atoms with van der Waals surface area (Å²) in [6.45, 7) is 0. The lowest BCUT2D eigenvalue weighted by atomic mass is 10.2. The van der Waals surface area contributed by atoms with Crippen LogP contribution in [0.3, 0.4) is 0 Å². The number of hydrogen-bond donors (Lipinski definition) is 1. The highest BCUT2D eigenvalue weighted by Gasteiger charge is 2.18. The van der Waals surface area contributed by atoms with E-state index < -0.39 is 17.3 Å². The van der Waals surface area contributed by atoms with Crippen molar-refractivity contribution >= 4 is 17.6 Å². The van der Waals surface area contributed by atoms with Crippen molar-refractivity contribution in [2.75, 3.05) is 0 Å². The van der Waals surface area contributed by atoms with Gasteiger partial charge in [0.25, 0.3) is 0 Å². The van der Waals surface area contributed by atoms with Crippen LogP contribution in [-0.2, 0) is 0 Å². The van der Waals surface area contributed by atoms with Gasteiger partial charge in [-0.05, 0) is 12.1 Å². The van der Waals surface area contributed by atoms with Crippen molar-refractivity contribution in [2.45, 2.75) is 0 Å². The molecule has 0 unspecified atom stereocenters. The fraction of sp³-hybridized carbons (Fsp3) is 0. The molecule has 2 aromatic rings. The number of carboxylic acid groups (broad SMARTS) is 1. The third-order valence-electron chi connectivity index (χ3n) is 1.99. The fourth-order valence-electron chi connectivity index (χ4n) is 1.25. The van der Waals surface area contributed by atoms with E-state index in [9.17, 15) is 9.18 Å². The summed E-state index contributed by atoms with van der Waals surface area (Å²) >= 11 is 5.59. The molecule has 18 heavy (non-hydrogen) atoms. The highest BCUT2D eigenvalue weighted by atomic mass is 35.5. The van der Waals surface area contributed by atoms with Gasteiger partial charge in [0.1, 0.15) is 17.1 Å². The Morgan fingerprint density at radius 3 is 2.61 bits per heavy atom. The Labute approximate surface area is 106 Å². The van der Waals surface area contributed by atoms with Gasteiger partial charge in [-0.25, -0.2) is 19.2 Å². The molecule has 1 N–H and O–H groups in total. The summed E-state index contributed by atoms with van der Waals surface area (Å²) in [5, 5.41) is 9.19. The van der Waals surface area contributed by atoms with Crippen molar-refractivity contribution in [3.63, 3.8) is 0 Å². The van der Waals surface area contributed by atoms with Crippen molar-refractivity contribution in [3.8, 4) is 11.8 Å². The standard InChI is InChI=1S/C11H6ClFN2O3/c12-6-4-14-11(15-5-6)18-8-3-1-2-7(13)9(8)10(16)17/h1-5H,(H,16,17). The Hall–Kier alpha value is -2.21. The first-order valence-electron chi connectivity index (χ1n) is 4.75. The Morgan fingerprint density at radius 2 is 2.00 bits per heavy atom. The number of hydrogen-bond acceptors (Lipinski definition) is 4. The topological polar surface area (TPSA) is 72.3 Å². The molecule has 1 heterocycles. The summed E-state index contributed by atoms with van der Waals surface area (Å²) < 4.78 is 18.4. The zero-order valence-corrected chi connectivity index (χ0v) is 9.56. The zero-order valence-electron chi connectivity index (χ0n) is 8.80. The van der Waals surface area contributed by atoms with Crippen LogP contribution in [0.2, 0.25) is 5.02 Å². The summed E-state index contributed by atoms with van der Waals surface area (Å²) in [6.07, 6.45) is 2.56. The minimum absolute atomic E-state index is 0.118. The maximum Gasteiger partial charge on any atom is 0.342 e. The van der Waals surface area contributed by atoms with E-state index in [0.717, 1.165) is 6.07 Å². The SMILES string of the molecule is O=C(O)c1c(F)cccc1Oc1ncc(Cl)cn1. The Bertz CT molecular complexity index is 589. The molecule has 0 saturated heterocycles. The molecule has 92 valence electrons. The quantitative estimate of drug-likeness (QED) is 0.927. The van der Waals surface area contributed by atoms with Gasteiger partial charge in [0.15, 0.2) is 0 Å². The zero-order chi connectivity index (χ0) is 13.1. The number of aromatic carboxylic acids is 1. The van der Waals surface area contributed by atoms with Crippen LogP contribution >= 0.6 is 11.6 Å². The van der Waals surface area contributed by atoms with Crippen molar-refractivity contribution in [2.24, 2.45) is 0 Å². The molecule has 1 aromatic carbocycles. The van der Waals surface area contributed by atoms with Crippen LogP contribution in [0, 0.1) is 5.82 Å². The van der Waals surface area contributed by atoms with E-state index in [1.54, 1.807) is 0 Å². The number of aromatic nitrogens is 2. The van der Waals surface area contributed by atoms with Crippen LogP contribution in [0.15, 0.2) is 30.6 Å². The molecule has 0 fully saturated rings. The lowest BCUT2D eigenvalue weighted by molar-refractivity contribution is 0.0689. The van der Waals surface area contributed by atoms with E-state index in [1.165, 1.54) is 24.5 Å². The van der Waals surface area contributed by atoms with E-state index in [2.05, 4.69) is 9.97 Å². The van der Waals surface area contributed by atoms with Gasteiger partial charge in [-0.2, -0.15) is 0 Å². The summed E-state index contributed by atoms with van der Waals surface area (Å²) in [7, 11) is 0. The van der Waals surface area contributed by atoms with Gasteiger partial charge < -0.3 is 9.84 Å². The molecule has 0 aliphatic heterocycles. The molecular weight excluding hydrogens is 263 g/mol. The van der Waals surface area contributed by atoms with Crippen molar-refractivity contribution in [1.29, 1.82) is 0 Å². The molecule has 0 amide bonds. The van der Waals surface area contributed by atoms with E-state index >= 15 is 0 Å². The van der Waals surface area contributed by atoms with E-state index in [4.69, 9.17) is 21.4 Å². The van der Waals surface area contributed by atoms with Crippen molar-refractivity contribution in [1.82, 2.24) is 9.97 Å². The van der Waals surface area contributed by atoms with Crippen LogP contribution in [-0.4, -0.2) is 21.0 Å². The lowest BCUT2D eigenvalue weighted by Crippen LogP contribution is -2.04. The van der Waals surface area contributed by atoms with Crippen molar-refractivity contribution < 1.29 is 19.0 Å². The van der Waals surface area contributed by atoms with Crippen LogP contribution in [0.25, 0.3) is 0 Å². The molecule has 5 nitrogen and oxygen atoms in total. The van der Waals surface area contributed by atoms with Gasteiger partial charge >= 0.3 is 12.0 Å². The molecule has 2 rings (SSSR count). The number of nitrogens with zero attached hydrogens (tertiary/aromatic N) is 2. The Balaban J connectivity index is 2.37. The third kappa shape index (κ3) is 2.54. The molecule has 0 saturated carbocycles. The second-order valence-corrected chi connectivity index (χ2v) is 3.64. The predicted octanol–water partition coefficient (Wildman–Crippen LogP) is 2.76. The molecule has 0 aliphatic carbocycles. The highest BCUT2D eigenvalue weighted by molar-refractivity contribution is 6.30. The number of halogens is 2. The number of rotatable bonds is 3. The number of benzene rings is 1. The number of carboxylic acids is 1. The number of carbonyl (C=O) groups is 1. The molecule has 1 aromatic heterocycles. The smallest absolute Gasteiger partial charge is 0.342 e. The maximum absolute atomic E-state index is 13.3. The average molecular weight is 269 g/mol. The van der Waals surface area contributed by atoms with E-state index in [0.29, 0.717) is 5.02 Å². The third-order valence-corrected chi connectivity index (χ3v) is 2.18. The highest BCUT2D eigenvalue weighted by Crippen LogP contribution is 2.25. The normalized spacial score (nSPS) is 10.1. The summed E-state index contributed by atoms with van der Waals surface area (Å²) in [5.41, 5.74) is -0.573.